The van der Waals surface area contributed by atoms with Gasteiger partial charge in [-0.25, -0.2) is 4.98 Å². The summed E-state index contributed by atoms with van der Waals surface area (Å²) in [7, 11) is 1.96. The molecule has 4 aromatic rings. The van der Waals surface area contributed by atoms with Crippen molar-refractivity contribution in [3.05, 3.63) is 90.1 Å². The Labute approximate surface area is 468 Å². The smallest absolute Gasteiger partial charge is 0.303 e. The summed E-state index contributed by atoms with van der Waals surface area (Å²) in [6.07, 6.45) is 3.81. The lowest BCUT2D eigenvalue weighted by Crippen LogP contribution is -2.61. The molecule has 1 aliphatic heterocycles. The fourth-order valence-corrected chi connectivity index (χ4v) is 10.8. The van der Waals surface area contributed by atoms with Crippen LogP contribution in [0.3, 0.4) is 0 Å². The van der Waals surface area contributed by atoms with Crippen LogP contribution >= 0.6 is 21.6 Å². The Morgan fingerprint density at radius 1 is 0.713 bits per heavy atom. The number of carbonyl (C=O) groups is 10. The summed E-state index contributed by atoms with van der Waals surface area (Å²) in [6.45, 7) is 1.47. The summed E-state index contributed by atoms with van der Waals surface area (Å²) in [4.78, 5) is 153. The molecule has 8 atom stereocenters. The van der Waals surface area contributed by atoms with E-state index in [9.17, 15) is 53.1 Å². The van der Waals surface area contributed by atoms with Gasteiger partial charge in [0.2, 0.25) is 53.2 Å². The van der Waals surface area contributed by atoms with Crippen molar-refractivity contribution < 1.29 is 53.1 Å². The van der Waals surface area contributed by atoms with Crippen molar-refractivity contribution in [1.29, 1.82) is 0 Å². The largest absolute Gasteiger partial charge is 0.481 e. The minimum atomic E-state index is -1.60. The number of fused-ring (bicyclic) bond motifs is 1. The number of aromatic amines is 2. The second-order valence-electron chi connectivity index (χ2n) is 18.9. The molecule has 0 bridgehead atoms. The number of carboxylic acids is 1. The number of nitrogens with one attached hydrogen (secondary N) is 10. The highest BCUT2D eigenvalue weighted by Gasteiger charge is 2.36. The minimum absolute atomic E-state index is 0.0187. The SMILES string of the molecule is CC(=O)N[C@@H]1CSSC[C@H](C(=O)N[C@H](CCCCN)C(N)=O)NC(=O)[C@@H](Cc2c[nH]c3ccccc23)NC(=O)[C@H](CCCN=C(N)N)NC(=O)[C@H](Cc2ccccc2)NC(=O)[C@H](Cc2cnc[nH]2)NC(=O)[C@@H](CCC(=O)O)NC1=O. The number of hydrogen-bond donors (Lipinski definition) is 15. The van der Waals surface area contributed by atoms with Gasteiger partial charge in [-0.3, -0.25) is 52.9 Å². The lowest BCUT2D eigenvalue weighted by molar-refractivity contribution is -0.138. The van der Waals surface area contributed by atoms with E-state index in [2.05, 4.69) is 62.5 Å². The van der Waals surface area contributed by atoms with Crippen LogP contribution in [-0.4, -0.2) is 158 Å². The van der Waals surface area contributed by atoms with Gasteiger partial charge in [0.25, 0.3) is 0 Å². The van der Waals surface area contributed by atoms with Crippen molar-refractivity contribution in [3.8, 4) is 0 Å². The average Bonchev–Trinajstić information content (AvgIpc) is 4.09. The van der Waals surface area contributed by atoms with E-state index in [1.165, 1.54) is 12.5 Å². The Morgan fingerprint density at radius 3 is 1.95 bits per heavy atom. The average molecular weight is 1150 g/mol. The van der Waals surface area contributed by atoms with Crippen molar-refractivity contribution in [2.45, 2.75) is 119 Å². The zero-order chi connectivity index (χ0) is 58.1. The summed E-state index contributed by atoms with van der Waals surface area (Å²) < 4.78 is 0. The maximum Gasteiger partial charge on any atom is 0.303 e. The number of guanidine groups is 1. The molecule has 0 radical (unpaired) electrons. The van der Waals surface area contributed by atoms with Gasteiger partial charge in [0.15, 0.2) is 5.96 Å². The third kappa shape index (κ3) is 20.6. The van der Waals surface area contributed by atoms with Crippen molar-refractivity contribution in [2.24, 2.45) is 27.9 Å². The quantitative estimate of drug-likeness (QED) is 0.0181. The first-order chi connectivity index (χ1) is 38.3. The molecule has 0 aliphatic carbocycles. The van der Waals surface area contributed by atoms with E-state index in [0.29, 0.717) is 47.1 Å². The Kier molecular flexibility index (Phi) is 25.1. The van der Waals surface area contributed by atoms with E-state index in [0.717, 1.165) is 28.5 Å². The van der Waals surface area contributed by atoms with Crippen molar-refractivity contribution in [3.63, 3.8) is 0 Å². The molecule has 2 aromatic carbocycles. The Hall–Kier alpha value is -8.18. The van der Waals surface area contributed by atoms with Crippen LogP contribution in [0.4, 0.5) is 0 Å². The first-order valence-corrected chi connectivity index (χ1v) is 28.3. The predicted molar refractivity (Wildman–Crippen MR) is 299 cm³/mol. The van der Waals surface area contributed by atoms with E-state index in [-0.39, 0.29) is 62.5 Å². The summed E-state index contributed by atoms with van der Waals surface area (Å²) in [5.41, 5.74) is 24.8. The van der Waals surface area contributed by atoms with Gasteiger partial charge in [-0.05, 0) is 62.3 Å². The number of imidazole rings is 1. The lowest BCUT2D eigenvalue weighted by atomic mass is 10.0. The van der Waals surface area contributed by atoms with E-state index in [1.807, 2.05) is 6.07 Å². The molecule has 2 aromatic heterocycles. The van der Waals surface area contributed by atoms with Crippen LogP contribution in [0.2, 0.25) is 0 Å². The molecule has 9 amide bonds. The molecule has 0 spiro atoms. The van der Waals surface area contributed by atoms with Crippen LogP contribution in [0.1, 0.15) is 68.7 Å². The standard InChI is InChI=1S/C51H70N16O11S2/c1-28(68)60-40-25-79-80-26-41(50(78)61-34(43(53)71)14-7-8-18-52)67-47(75)38(21-30-23-58-33-13-6-5-12-32(30)33)65-44(72)35(15-9-19-57-51(54)55)62-46(74)37(20-29-10-3-2-4-11-29)64-48(76)39(22-31-24-56-27-59-31)66-45(73)36(63-49(40)77)16-17-42(69)70/h2-6,10-13,23-24,27,34-41,58H,7-9,14-22,25-26,52H2,1H3,(H2,53,71)(H,56,59)(H,60,68)(H,61,78)(H,62,74)(H,63,77)(H,64,76)(H,65,72)(H,66,73)(H,67,75)(H,69,70)(H4,54,55,57)/t34-,35+,36-,37+,38-,39+,40-,41-/m1/s1. The second kappa shape index (κ2) is 32.0. The van der Waals surface area contributed by atoms with E-state index < -0.39 is 120 Å². The van der Waals surface area contributed by atoms with Gasteiger partial charge in [-0.2, -0.15) is 0 Å². The Morgan fingerprint density at radius 2 is 1.31 bits per heavy atom. The Bertz CT molecular complexity index is 2800. The number of carbonyl (C=O) groups excluding carboxylic acids is 9. The second-order valence-corrected chi connectivity index (χ2v) is 21.4. The van der Waals surface area contributed by atoms with Crippen LogP contribution in [0.5, 0.6) is 0 Å². The molecular weight excluding hydrogens is 1080 g/mol. The molecule has 1 saturated heterocycles. The Balaban J connectivity index is 1.63. The van der Waals surface area contributed by atoms with Gasteiger partial charge in [0.1, 0.15) is 48.3 Å². The van der Waals surface area contributed by atoms with Crippen molar-refractivity contribution in [2.75, 3.05) is 24.6 Å². The number of rotatable bonds is 21. The van der Waals surface area contributed by atoms with E-state index in [1.54, 1.807) is 54.7 Å². The number of primary amides is 1. The maximum absolute atomic E-state index is 14.9. The van der Waals surface area contributed by atoms with Gasteiger partial charge in [-0.1, -0.05) is 70.1 Å². The number of benzene rings is 2. The molecule has 0 unspecified atom stereocenters. The monoisotopic (exact) mass is 1150 g/mol. The predicted octanol–water partition coefficient (Wildman–Crippen LogP) is -2.26. The molecule has 3 heterocycles. The van der Waals surface area contributed by atoms with Crippen LogP contribution < -0.4 is 65.5 Å². The van der Waals surface area contributed by atoms with Crippen LogP contribution in [0.15, 0.2) is 78.3 Å². The fraction of sp³-hybridized carbons (Fsp3) is 0.451. The highest BCUT2D eigenvalue weighted by molar-refractivity contribution is 8.76. The number of carboxylic acid groups (broad SMARTS) is 1. The first-order valence-electron chi connectivity index (χ1n) is 25.8. The molecule has 80 heavy (non-hydrogen) atoms. The summed E-state index contributed by atoms with van der Waals surface area (Å²) in [5, 5.41) is 31.6. The fourth-order valence-electron chi connectivity index (χ4n) is 8.45. The van der Waals surface area contributed by atoms with E-state index in [4.69, 9.17) is 22.9 Å². The van der Waals surface area contributed by atoms with Crippen molar-refractivity contribution >= 4 is 97.6 Å². The van der Waals surface area contributed by atoms with Gasteiger partial charge in [-0.15, -0.1) is 0 Å². The molecule has 5 rings (SSSR count). The molecule has 0 saturated carbocycles. The third-order valence-corrected chi connectivity index (χ3v) is 15.0. The van der Waals surface area contributed by atoms with Crippen LogP contribution in [0, 0.1) is 0 Å². The molecule has 1 fully saturated rings. The molecule has 29 heteroatoms. The molecule has 1 aliphatic rings. The number of aromatic nitrogens is 3. The lowest BCUT2D eigenvalue weighted by Gasteiger charge is -2.28. The summed E-state index contributed by atoms with van der Waals surface area (Å²) in [6, 6.07) is 4.30. The van der Waals surface area contributed by atoms with E-state index >= 15 is 0 Å². The number of nitrogens with zero attached hydrogens (tertiary/aromatic N) is 2. The van der Waals surface area contributed by atoms with Gasteiger partial charge >= 0.3 is 5.97 Å². The molecular formula is C51H70N16O11S2. The normalized spacial score (nSPS) is 21.5. The van der Waals surface area contributed by atoms with Crippen molar-refractivity contribution in [1.82, 2.24) is 57.5 Å². The first kappa shape index (κ1) is 62.7. The van der Waals surface area contributed by atoms with Crippen LogP contribution in [0.25, 0.3) is 10.9 Å². The number of amides is 9. The van der Waals surface area contributed by atoms with Gasteiger partial charge in [0, 0.05) is 79.6 Å². The van der Waals surface area contributed by atoms with Gasteiger partial charge < -0.3 is 80.5 Å². The summed E-state index contributed by atoms with van der Waals surface area (Å²) >= 11 is 0. The number of aliphatic imine (C=N–C) groups is 1. The number of H-pyrrole nitrogens is 2. The molecule has 27 nitrogen and oxygen atoms in total. The zero-order valence-corrected chi connectivity index (χ0v) is 45.6. The number of para-hydroxylation sites is 1. The maximum atomic E-state index is 14.9. The highest BCUT2D eigenvalue weighted by atomic mass is 33.1. The van der Waals surface area contributed by atoms with Crippen LogP contribution in [-0.2, 0) is 67.2 Å². The highest BCUT2D eigenvalue weighted by Crippen LogP contribution is 2.25. The number of nitrogens with two attached hydrogens (primary N) is 4. The third-order valence-electron chi connectivity index (χ3n) is 12.6. The number of aliphatic carboxylic acids is 1. The van der Waals surface area contributed by atoms with Gasteiger partial charge in [0.05, 0.1) is 6.33 Å². The molecule has 19 N–H and O–H groups in total. The topological polar surface area (TPSA) is 448 Å². The minimum Gasteiger partial charge on any atom is -0.481 e. The number of unbranched alkanes of at least 4 members (excludes halogenated alkanes) is 1. The molecule has 432 valence electrons. The zero-order valence-electron chi connectivity index (χ0n) is 44.0. The number of hydrogen-bond acceptors (Lipinski definition) is 15. The summed E-state index contributed by atoms with van der Waals surface area (Å²) in [5.74, 6) is -9.76.